The summed E-state index contributed by atoms with van der Waals surface area (Å²) in [6.45, 7) is 6.94. The van der Waals surface area contributed by atoms with E-state index in [9.17, 15) is 4.79 Å². The topological polar surface area (TPSA) is 50.4 Å². The molecule has 1 amide bonds. The second-order valence-corrected chi connectivity index (χ2v) is 7.06. The van der Waals surface area contributed by atoms with Crippen molar-refractivity contribution in [2.45, 2.75) is 25.8 Å². The Morgan fingerprint density at radius 2 is 2.11 bits per heavy atom. The van der Waals surface area contributed by atoms with E-state index in [1.54, 1.807) is 7.11 Å². The van der Waals surface area contributed by atoms with Gasteiger partial charge in [0.15, 0.2) is 0 Å². The summed E-state index contributed by atoms with van der Waals surface area (Å²) in [6.07, 6.45) is 9.27. The molecule has 2 aromatic rings. The van der Waals surface area contributed by atoms with Gasteiger partial charge in [-0.1, -0.05) is 43.0 Å². The van der Waals surface area contributed by atoms with Gasteiger partial charge in [-0.25, -0.2) is 0 Å². The van der Waals surface area contributed by atoms with Gasteiger partial charge in [-0.3, -0.25) is 4.79 Å². The van der Waals surface area contributed by atoms with Crippen molar-refractivity contribution < 1.29 is 9.53 Å². The minimum Gasteiger partial charge on any atom is -0.496 e. The van der Waals surface area contributed by atoms with E-state index in [1.807, 2.05) is 49.4 Å². The molecule has 1 saturated carbocycles. The zero-order valence-electron chi connectivity index (χ0n) is 16.6. The van der Waals surface area contributed by atoms with Crippen molar-refractivity contribution in [3.05, 3.63) is 71.3 Å². The summed E-state index contributed by atoms with van der Waals surface area (Å²) in [6, 6.07) is 11.9. The molecule has 1 atom stereocenters. The molecule has 0 aliphatic heterocycles. The van der Waals surface area contributed by atoms with Gasteiger partial charge in [-0.2, -0.15) is 0 Å². The first-order valence-corrected chi connectivity index (χ1v) is 9.71. The fourth-order valence-corrected chi connectivity index (χ4v) is 3.51. The van der Waals surface area contributed by atoms with Crippen molar-refractivity contribution in [1.82, 2.24) is 5.32 Å². The monoisotopic (exact) mass is 376 g/mol. The van der Waals surface area contributed by atoms with E-state index in [0.717, 1.165) is 46.2 Å². The number of carbonyl (C=O) groups excluding carboxylic acids is 1. The van der Waals surface area contributed by atoms with Crippen LogP contribution >= 0.6 is 0 Å². The highest BCUT2D eigenvalue weighted by Gasteiger charge is 2.27. The number of amides is 1. The van der Waals surface area contributed by atoms with Gasteiger partial charge in [-0.05, 0) is 67.1 Å². The summed E-state index contributed by atoms with van der Waals surface area (Å²) in [5.74, 6) is 1.57. The molecule has 1 aliphatic carbocycles. The van der Waals surface area contributed by atoms with Gasteiger partial charge >= 0.3 is 0 Å². The van der Waals surface area contributed by atoms with Gasteiger partial charge < -0.3 is 15.4 Å². The molecule has 3 rings (SSSR count). The van der Waals surface area contributed by atoms with Crippen molar-refractivity contribution >= 4 is 24.2 Å². The molecule has 1 fully saturated rings. The average molecular weight is 377 g/mol. The first-order chi connectivity index (χ1) is 13.7. The molecule has 0 radical (unpaired) electrons. The Balaban J connectivity index is 2.15. The predicted octanol–water partition coefficient (Wildman–Crippen LogP) is 5.03. The summed E-state index contributed by atoms with van der Waals surface area (Å²) in [5.41, 5.74) is 5.10. The van der Waals surface area contributed by atoms with Crippen LogP contribution in [-0.2, 0) is 4.79 Å². The number of carbonyl (C=O) groups is 1. The molecule has 0 heterocycles. The van der Waals surface area contributed by atoms with Crippen LogP contribution in [0.15, 0.2) is 49.1 Å². The highest BCUT2D eigenvalue weighted by atomic mass is 16.5. The molecule has 2 aromatic carbocycles. The van der Waals surface area contributed by atoms with Crippen LogP contribution in [0.1, 0.15) is 48.1 Å². The lowest BCUT2D eigenvalue weighted by Crippen LogP contribution is -2.26. The zero-order chi connectivity index (χ0) is 19.9. The van der Waals surface area contributed by atoms with Crippen molar-refractivity contribution in [1.29, 1.82) is 0 Å². The van der Waals surface area contributed by atoms with E-state index >= 15 is 0 Å². The summed E-state index contributed by atoms with van der Waals surface area (Å²) >= 11 is 0. The van der Waals surface area contributed by atoms with Crippen molar-refractivity contribution in [2.75, 3.05) is 19.0 Å². The van der Waals surface area contributed by atoms with Crippen molar-refractivity contribution in [3.63, 3.8) is 0 Å². The maximum absolute atomic E-state index is 10.9. The molecular formula is C24H28N2O2. The molecule has 146 valence electrons. The Hall–Kier alpha value is -2.85. The van der Waals surface area contributed by atoms with E-state index in [0.29, 0.717) is 6.41 Å². The van der Waals surface area contributed by atoms with Crippen LogP contribution in [0, 0.1) is 5.92 Å². The minimum absolute atomic E-state index is 0.0601. The maximum atomic E-state index is 10.9. The van der Waals surface area contributed by atoms with Crippen LogP contribution in [0.5, 0.6) is 5.75 Å². The predicted molar refractivity (Wildman–Crippen MR) is 116 cm³/mol. The Labute approximate surface area is 167 Å². The Morgan fingerprint density at radius 3 is 2.75 bits per heavy atom. The second-order valence-electron chi connectivity index (χ2n) is 7.06. The van der Waals surface area contributed by atoms with E-state index in [1.165, 1.54) is 12.8 Å². The van der Waals surface area contributed by atoms with E-state index in [2.05, 4.69) is 29.4 Å². The fourth-order valence-electron chi connectivity index (χ4n) is 3.51. The fraction of sp³-hybridized carbons (Fsp3) is 0.292. The first-order valence-electron chi connectivity index (χ1n) is 9.71. The van der Waals surface area contributed by atoms with Gasteiger partial charge in [0.2, 0.25) is 6.41 Å². The molecule has 1 aliphatic rings. The SMILES string of the molecule is C=Cc1ccc(OC)c(C(NCC2CC2)c2cccc(NC=O)c2)c1/C=C\C. The number of hydrogen-bond donors (Lipinski definition) is 2. The summed E-state index contributed by atoms with van der Waals surface area (Å²) < 4.78 is 5.75. The number of allylic oxidation sites excluding steroid dienone is 1. The summed E-state index contributed by atoms with van der Waals surface area (Å²) in [5, 5.41) is 6.50. The van der Waals surface area contributed by atoms with Crippen molar-refractivity contribution in [2.24, 2.45) is 5.92 Å². The van der Waals surface area contributed by atoms with E-state index in [-0.39, 0.29) is 6.04 Å². The maximum Gasteiger partial charge on any atom is 0.211 e. The Kier molecular flexibility index (Phi) is 6.66. The van der Waals surface area contributed by atoms with Gasteiger partial charge in [0.05, 0.1) is 13.2 Å². The van der Waals surface area contributed by atoms with Crippen LogP contribution in [0.25, 0.3) is 12.2 Å². The van der Waals surface area contributed by atoms with Gasteiger partial charge in [-0.15, -0.1) is 0 Å². The van der Waals surface area contributed by atoms with Crippen LogP contribution < -0.4 is 15.4 Å². The number of methoxy groups -OCH3 is 1. The van der Waals surface area contributed by atoms with E-state index in [4.69, 9.17) is 4.74 Å². The Morgan fingerprint density at radius 1 is 1.29 bits per heavy atom. The average Bonchev–Trinajstić information content (AvgIpc) is 3.54. The molecule has 0 spiro atoms. The lowest BCUT2D eigenvalue weighted by atomic mass is 9.89. The highest BCUT2D eigenvalue weighted by Crippen LogP contribution is 2.38. The number of ether oxygens (including phenoxy) is 1. The first kappa shape index (κ1) is 19.9. The third-order valence-corrected chi connectivity index (χ3v) is 5.10. The normalized spacial score (nSPS) is 14.6. The second kappa shape index (κ2) is 9.38. The third kappa shape index (κ3) is 4.52. The highest BCUT2D eigenvalue weighted by molar-refractivity contribution is 5.73. The van der Waals surface area contributed by atoms with Gasteiger partial charge in [0, 0.05) is 11.3 Å². The van der Waals surface area contributed by atoms with Gasteiger partial charge in [0.25, 0.3) is 0 Å². The quantitative estimate of drug-likeness (QED) is 0.572. The molecule has 0 saturated heterocycles. The largest absolute Gasteiger partial charge is 0.496 e. The van der Waals surface area contributed by atoms with Crippen LogP contribution in [0.4, 0.5) is 5.69 Å². The molecule has 2 N–H and O–H groups in total. The molecule has 0 aromatic heterocycles. The number of benzene rings is 2. The number of hydrogen-bond acceptors (Lipinski definition) is 3. The van der Waals surface area contributed by atoms with Crippen LogP contribution in [-0.4, -0.2) is 20.1 Å². The molecule has 0 bridgehead atoms. The summed E-state index contributed by atoms with van der Waals surface area (Å²) in [7, 11) is 1.70. The smallest absolute Gasteiger partial charge is 0.211 e. The van der Waals surface area contributed by atoms with Gasteiger partial charge in [0.1, 0.15) is 5.75 Å². The number of nitrogens with one attached hydrogen (secondary N) is 2. The molecule has 1 unspecified atom stereocenters. The number of anilines is 1. The summed E-state index contributed by atoms with van der Waals surface area (Å²) in [4.78, 5) is 10.9. The molecular weight excluding hydrogens is 348 g/mol. The number of rotatable bonds is 10. The Bertz CT molecular complexity index is 869. The molecule has 28 heavy (non-hydrogen) atoms. The van der Waals surface area contributed by atoms with Crippen LogP contribution in [0.3, 0.4) is 0 Å². The lowest BCUT2D eigenvalue weighted by Gasteiger charge is -2.25. The van der Waals surface area contributed by atoms with Crippen molar-refractivity contribution in [3.8, 4) is 5.75 Å². The van der Waals surface area contributed by atoms with Crippen LogP contribution in [0.2, 0.25) is 0 Å². The zero-order valence-corrected chi connectivity index (χ0v) is 16.6. The minimum atomic E-state index is -0.0601. The lowest BCUT2D eigenvalue weighted by molar-refractivity contribution is -0.105. The third-order valence-electron chi connectivity index (χ3n) is 5.10. The molecule has 4 nitrogen and oxygen atoms in total. The molecule has 4 heteroatoms. The standard InChI is InChI=1S/C24H28N2O2/c1-4-7-21-18(5-2)12-13-22(28-3)23(21)24(25-15-17-10-11-17)19-8-6-9-20(14-19)26-16-27/h4-9,12-14,16-17,24-25H,2,10-11,15H2,1,3H3,(H,26,27)/b7-4-. The van der Waals surface area contributed by atoms with E-state index < -0.39 is 0 Å².